The zero-order chi connectivity index (χ0) is 13.1. The molecule has 0 aromatic heterocycles. The molecule has 1 rings (SSSR count). The third kappa shape index (κ3) is 3.69. The van der Waals surface area contributed by atoms with Crippen LogP contribution in [-0.2, 0) is 15.8 Å². The summed E-state index contributed by atoms with van der Waals surface area (Å²) >= 11 is 0. The lowest BCUT2D eigenvalue weighted by atomic mass is 10.2. The minimum Gasteiger partial charge on any atom is -0.399 e. The Balaban J connectivity index is 2.87. The van der Waals surface area contributed by atoms with Gasteiger partial charge in [-0.05, 0) is 24.6 Å². The van der Waals surface area contributed by atoms with E-state index in [0.717, 1.165) is 0 Å². The third-order valence-electron chi connectivity index (χ3n) is 2.62. The molecule has 0 bridgehead atoms. The number of aliphatic hydroxyl groups is 1. The van der Waals surface area contributed by atoms with Gasteiger partial charge in [-0.25, -0.2) is 8.42 Å². The van der Waals surface area contributed by atoms with Gasteiger partial charge in [-0.15, -0.1) is 0 Å². The average Bonchev–Trinajstić information content (AvgIpc) is 2.26. The lowest BCUT2D eigenvalue weighted by Crippen LogP contribution is -2.38. The zero-order valence-electron chi connectivity index (χ0n) is 10.00. The van der Waals surface area contributed by atoms with Crippen LogP contribution >= 0.6 is 0 Å². The van der Waals surface area contributed by atoms with Gasteiger partial charge in [0.05, 0.1) is 12.4 Å². The first-order valence-corrected chi connectivity index (χ1v) is 6.88. The molecule has 0 aliphatic rings. The summed E-state index contributed by atoms with van der Waals surface area (Å²) in [7, 11) is -1.96. The fraction of sp³-hybridized carbons (Fsp3) is 0.455. The van der Waals surface area contributed by atoms with Crippen LogP contribution in [-0.4, -0.2) is 37.5 Å². The fourth-order valence-corrected chi connectivity index (χ4v) is 2.80. The molecule has 1 atom stereocenters. The Morgan fingerprint density at radius 2 is 2.12 bits per heavy atom. The molecular weight excluding hydrogens is 240 g/mol. The standard InChI is InChI=1S/C11H18N2O3S/c1-9(7-14)13(2)17(15,16)8-10-4-3-5-11(12)6-10/h3-6,9,14H,7-8,12H2,1-2H3. The first-order valence-electron chi connectivity index (χ1n) is 5.28. The molecule has 1 unspecified atom stereocenters. The minimum absolute atomic E-state index is 0.112. The van der Waals surface area contributed by atoms with Gasteiger partial charge in [0.1, 0.15) is 0 Å². The van der Waals surface area contributed by atoms with Gasteiger partial charge in [-0.1, -0.05) is 12.1 Å². The van der Waals surface area contributed by atoms with Crippen LogP contribution in [0.5, 0.6) is 0 Å². The van der Waals surface area contributed by atoms with Gasteiger partial charge in [0.25, 0.3) is 0 Å². The van der Waals surface area contributed by atoms with Gasteiger partial charge in [-0.3, -0.25) is 0 Å². The van der Waals surface area contributed by atoms with E-state index in [1.165, 1.54) is 11.4 Å². The summed E-state index contributed by atoms with van der Waals surface area (Å²) in [4.78, 5) is 0. The van der Waals surface area contributed by atoms with Crippen LogP contribution in [0.3, 0.4) is 0 Å². The maximum absolute atomic E-state index is 12.0. The predicted octanol–water partition coefficient (Wildman–Crippen LogP) is 0.411. The van der Waals surface area contributed by atoms with Crippen molar-refractivity contribution >= 4 is 15.7 Å². The molecule has 0 saturated heterocycles. The fourth-order valence-electron chi connectivity index (χ4n) is 1.38. The molecule has 0 aliphatic heterocycles. The third-order valence-corrected chi connectivity index (χ3v) is 4.56. The smallest absolute Gasteiger partial charge is 0.218 e. The SMILES string of the molecule is CC(CO)N(C)S(=O)(=O)Cc1cccc(N)c1. The lowest BCUT2D eigenvalue weighted by molar-refractivity contribution is 0.213. The molecule has 0 saturated carbocycles. The second-order valence-corrected chi connectivity index (χ2v) is 6.08. The summed E-state index contributed by atoms with van der Waals surface area (Å²) in [5.41, 5.74) is 6.77. The van der Waals surface area contributed by atoms with E-state index in [-0.39, 0.29) is 12.4 Å². The lowest BCUT2D eigenvalue weighted by Gasteiger charge is -2.22. The van der Waals surface area contributed by atoms with Gasteiger partial charge in [0.2, 0.25) is 10.0 Å². The van der Waals surface area contributed by atoms with Crippen LogP contribution in [0.15, 0.2) is 24.3 Å². The summed E-state index contributed by atoms with van der Waals surface area (Å²) in [5, 5.41) is 8.95. The molecule has 0 amide bonds. The summed E-state index contributed by atoms with van der Waals surface area (Å²) in [6.07, 6.45) is 0. The first-order chi connectivity index (χ1) is 7.86. The summed E-state index contributed by atoms with van der Waals surface area (Å²) in [5.74, 6) is -0.112. The number of rotatable bonds is 5. The number of nitrogens with zero attached hydrogens (tertiary/aromatic N) is 1. The summed E-state index contributed by atoms with van der Waals surface area (Å²) in [6.45, 7) is 1.45. The molecule has 0 spiro atoms. The molecule has 3 N–H and O–H groups in total. The van der Waals surface area contributed by atoms with E-state index in [1.54, 1.807) is 31.2 Å². The van der Waals surface area contributed by atoms with Crippen LogP contribution in [0.2, 0.25) is 0 Å². The maximum Gasteiger partial charge on any atom is 0.218 e. The number of hydrogen-bond acceptors (Lipinski definition) is 4. The Bertz CT molecular complexity index is 473. The number of nitrogens with two attached hydrogens (primary N) is 1. The molecule has 1 aromatic carbocycles. The predicted molar refractivity (Wildman–Crippen MR) is 67.8 cm³/mol. The number of anilines is 1. The largest absolute Gasteiger partial charge is 0.399 e. The van der Waals surface area contributed by atoms with Gasteiger partial charge in [0.15, 0.2) is 0 Å². The molecule has 5 nitrogen and oxygen atoms in total. The topological polar surface area (TPSA) is 83.6 Å². The average molecular weight is 258 g/mol. The number of hydrogen-bond donors (Lipinski definition) is 2. The second-order valence-electron chi connectivity index (χ2n) is 4.05. The van der Waals surface area contributed by atoms with Gasteiger partial charge in [-0.2, -0.15) is 4.31 Å². The van der Waals surface area contributed by atoms with Crippen molar-refractivity contribution in [2.75, 3.05) is 19.4 Å². The highest BCUT2D eigenvalue weighted by Crippen LogP contribution is 2.14. The van der Waals surface area contributed by atoms with Crippen molar-refractivity contribution in [2.45, 2.75) is 18.7 Å². The first kappa shape index (κ1) is 14.0. The molecule has 96 valence electrons. The Hall–Kier alpha value is -1.11. The molecule has 0 radical (unpaired) electrons. The van der Waals surface area contributed by atoms with Gasteiger partial charge >= 0.3 is 0 Å². The van der Waals surface area contributed by atoms with Crippen molar-refractivity contribution in [1.29, 1.82) is 0 Å². The Morgan fingerprint density at radius 1 is 1.47 bits per heavy atom. The highest BCUT2D eigenvalue weighted by atomic mass is 32.2. The van der Waals surface area contributed by atoms with Gasteiger partial charge in [0, 0.05) is 18.8 Å². The van der Waals surface area contributed by atoms with Crippen molar-refractivity contribution in [3.05, 3.63) is 29.8 Å². The molecule has 1 aromatic rings. The van der Waals surface area contributed by atoms with Crippen molar-refractivity contribution < 1.29 is 13.5 Å². The highest BCUT2D eigenvalue weighted by molar-refractivity contribution is 7.88. The van der Waals surface area contributed by atoms with Crippen molar-refractivity contribution in [3.8, 4) is 0 Å². The normalized spacial score (nSPS) is 13.9. The highest BCUT2D eigenvalue weighted by Gasteiger charge is 2.22. The number of aliphatic hydroxyl groups excluding tert-OH is 1. The van der Waals surface area contributed by atoms with E-state index >= 15 is 0 Å². The Morgan fingerprint density at radius 3 is 2.65 bits per heavy atom. The summed E-state index contributed by atoms with van der Waals surface area (Å²) < 4.78 is 25.1. The maximum atomic E-state index is 12.0. The number of likely N-dealkylation sites (N-methyl/N-ethyl adjacent to an activating group) is 1. The van der Waals surface area contributed by atoms with Crippen molar-refractivity contribution in [1.82, 2.24) is 4.31 Å². The van der Waals surface area contributed by atoms with Crippen molar-refractivity contribution in [2.24, 2.45) is 0 Å². The molecule has 0 aliphatic carbocycles. The minimum atomic E-state index is -3.42. The molecule has 17 heavy (non-hydrogen) atoms. The quantitative estimate of drug-likeness (QED) is 0.749. The molecule has 6 heteroatoms. The van der Waals surface area contributed by atoms with E-state index in [0.29, 0.717) is 11.3 Å². The Labute approximate surface area is 102 Å². The van der Waals surface area contributed by atoms with Gasteiger partial charge < -0.3 is 10.8 Å². The van der Waals surface area contributed by atoms with Crippen molar-refractivity contribution in [3.63, 3.8) is 0 Å². The zero-order valence-corrected chi connectivity index (χ0v) is 10.8. The van der Waals surface area contributed by atoms with E-state index in [4.69, 9.17) is 10.8 Å². The number of nitrogen functional groups attached to an aromatic ring is 1. The molecule has 0 heterocycles. The van der Waals surface area contributed by atoms with E-state index < -0.39 is 16.1 Å². The van der Waals surface area contributed by atoms with E-state index in [2.05, 4.69) is 0 Å². The monoisotopic (exact) mass is 258 g/mol. The molecular formula is C11H18N2O3S. The van der Waals surface area contributed by atoms with E-state index in [9.17, 15) is 8.42 Å². The van der Waals surface area contributed by atoms with Crippen LogP contribution in [0, 0.1) is 0 Å². The number of sulfonamides is 1. The Kier molecular flexibility index (Phi) is 4.50. The van der Waals surface area contributed by atoms with Crippen LogP contribution in [0.25, 0.3) is 0 Å². The number of benzene rings is 1. The molecule has 0 fully saturated rings. The summed E-state index contributed by atoms with van der Waals surface area (Å²) in [6, 6.07) is 6.34. The van der Waals surface area contributed by atoms with Crippen LogP contribution < -0.4 is 5.73 Å². The van der Waals surface area contributed by atoms with Crippen LogP contribution in [0.4, 0.5) is 5.69 Å². The van der Waals surface area contributed by atoms with Crippen LogP contribution in [0.1, 0.15) is 12.5 Å². The van der Waals surface area contributed by atoms with E-state index in [1.807, 2.05) is 0 Å². The second kappa shape index (κ2) is 5.48.